The van der Waals surface area contributed by atoms with Gasteiger partial charge in [0.05, 0.1) is 6.26 Å². The molecular weight excluding hydrogens is 340 g/mol. The number of rotatable bonds is 7. The Balaban J connectivity index is 1.74. The first-order valence-corrected chi connectivity index (χ1v) is 8.94. The molecule has 2 aromatic carbocycles. The molecule has 0 saturated carbocycles. The molecule has 3 aromatic rings. The molecule has 0 aliphatic rings. The number of benzene rings is 2. The second-order valence-corrected chi connectivity index (χ2v) is 6.23. The van der Waals surface area contributed by atoms with Crippen LogP contribution in [0.1, 0.15) is 28.6 Å². The molecule has 0 saturated heterocycles. The number of aryl methyl sites for hydroxylation is 1. The summed E-state index contributed by atoms with van der Waals surface area (Å²) in [6, 6.07) is 19.7. The minimum atomic E-state index is -0.726. The molecule has 27 heavy (non-hydrogen) atoms. The van der Waals surface area contributed by atoms with Crippen LogP contribution in [-0.2, 0) is 17.6 Å². The van der Waals surface area contributed by atoms with Gasteiger partial charge < -0.3 is 15.1 Å². The van der Waals surface area contributed by atoms with Crippen LogP contribution in [0, 0.1) is 0 Å². The van der Waals surface area contributed by atoms with E-state index in [0.717, 1.165) is 12.0 Å². The highest BCUT2D eigenvalue weighted by Crippen LogP contribution is 2.12. The Labute approximate surface area is 158 Å². The van der Waals surface area contributed by atoms with Crippen molar-refractivity contribution in [3.05, 3.63) is 89.9 Å². The first-order valence-electron chi connectivity index (χ1n) is 8.94. The summed E-state index contributed by atoms with van der Waals surface area (Å²) in [7, 11) is 0. The van der Waals surface area contributed by atoms with E-state index in [1.807, 2.05) is 54.6 Å². The number of nitrogens with one attached hydrogen (secondary N) is 2. The van der Waals surface area contributed by atoms with Crippen LogP contribution < -0.4 is 10.6 Å². The maximum atomic E-state index is 12.8. The van der Waals surface area contributed by atoms with Crippen LogP contribution in [0.15, 0.2) is 77.4 Å². The zero-order valence-corrected chi connectivity index (χ0v) is 15.1. The fourth-order valence-electron chi connectivity index (χ4n) is 2.75. The van der Waals surface area contributed by atoms with Gasteiger partial charge in [0.1, 0.15) is 6.04 Å². The molecule has 138 valence electrons. The quantitative estimate of drug-likeness (QED) is 0.671. The largest absolute Gasteiger partial charge is 0.459 e. The molecule has 0 fully saturated rings. The number of anilines is 1. The maximum Gasteiger partial charge on any atom is 0.287 e. The molecule has 2 N–H and O–H groups in total. The zero-order valence-electron chi connectivity index (χ0n) is 15.1. The Hall–Kier alpha value is -3.34. The van der Waals surface area contributed by atoms with Gasteiger partial charge in [-0.3, -0.25) is 9.59 Å². The van der Waals surface area contributed by atoms with Crippen LogP contribution in [0.3, 0.4) is 0 Å². The summed E-state index contributed by atoms with van der Waals surface area (Å²) in [5.41, 5.74) is 2.85. The SMILES string of the molecule is CCc1ccc(NC(=O)[C@H](Cc2ccccc2)NC(=O)c2ccco2)cc1. The van der Waals surface area contributed by atoms with Crippen LogP contribution in [-0.4, -0.2) is 17.9 Å². The van der Waals surface area contributed by atoms with E-state index in [1.165, 1.54) is 11.8 Å². The van der Waals surface area contributed by atoms with Gasteiger partial charge in [-0.25, -0.2) is 0 Å². The molecule has 3 rings (SSSR count). The lowest BCUT2D eigenvalue weighted by Crippen LogP contribution is -2.45. The summed E-state index contributed by atoms with van der Waals surface area (Å²) < 4.78 is 5.13. The molecule has 1 atom stereocenters. The van der Waals surface area contributed by atoms with Crippen molar-refractivity contribution >= 4 is 17.5 Å². The van der Waals surface area contributed by atoms with E-state index in [2.05, 4.69) is 17.6 Å². The molecule has 0 bridgehead atoms. The van der Waals surface area contributed by atoms with Crippen molar-refractivity contribution in [2.75, 3.05) is 5.32 Å². The number of hydrogen-bond donors (Lipinski definition) is 2. The van der Waals surface area contributed by atoms with E-state index >= 15 is 0 Å². The first kappa shape index (κ1) is 18.5. The second kappa shape index (κ2) is 8.85. The molecule has 1 aromatic heterocycles. The van der Waals surface area contributed by atoms with E-state index < -0.39 is 11.9 Å². The van der Waals surface area contributed by atoms with Gasteiger partial charge >= 0.3 is 0 Å². The summed E-state index contributed by atoms with van der Waals surface area (Å²) in [4.78, 5) is 25.2. The summed E-state index contributed by atoms with van der Waals surface area (Å²) in [5.74, 6) is -0.520. The Morgan fingerprint density at radius 1 is 0.926 bits per heavy atom. The summed E-state index contributed by atoms with van der Waals surface area (Å²) in [6.07, 6.45) is 2.74. The average Bonchev–Trinajstić information content (AvgIpc) is 3.24. The number of carbonyl (C=O) groups excluding carboxylic acids is 2. The van der Waals surface area contributed by atoms with Crippen molar-refractivity contribution in [2.24, 2.45) is 0 Å². The van der Waals surface area contributed by atoms with E-state index in [1.54, 1.807) is 12.1 Å². The van der Waals surface area contributed by atoms with Gasteiger partial charge in [0.25, 0.3) is 5.91 Å². The topological polar surface area (TPSA) is 71.3 Å². The Kier molecular flexibility index (Phi) is 6.05. The fraction of sp³-hybridized carbons (Fsp3) is 0.182. The molecule has 0 spiro atoms. The molecule has 5 heteroatoms. The fourth-order valence-corrected chi connectivity index (χ4v) is 2.75. The predicted molar refractivity (Wildman–Crippen MR) is 105 cm³/mol. The van der Waals surface area contributed by atoms with Crippen molar-refractivity contribution < 1.29 is 14.0 Å². The molecule has 2 amide bonds. The van der Waals surface area contributed by atoms with Gasteiger partial charge in [-0.05, 0) is 41.8 Å². The van der Waals surface area contributed by atoms with Crippen LogP contribution in [0.5, 0.6) is 0 Å². The number of furan rings is 1. The van der Waals surface area contributed by atoms with Crippen LogP contribution in [0.4, 0.5) is 5.69 Å². The van der Waals surface area contributed by atoms with Crippen molar-refractivity contribution in [1.29, 1.82) is 0 Å². The van der Waals surface area contributed by atoms with Crippen LogP contribution in [0.2, 0.25) is 0 Å². The average molecular weight is 362 g/mol. The third kappa shape index (κ3) is 5.07. The van der Waals surface area contributed by atoms with E-state index in [4.69, 9.17) is 4.42 Å². The molecule has 1 heterocycles. The number of hydrogen-bond acceptors (Lipinski definition) is 3. The normalized spacial score (nSPS) is 11.6. The van der Waals surface area contributed by atoms with Crippen molar-refractivity contribution in [1.82, 2.24) is 5.32 Å². The van der Waals surface area contributed by atoms with Crippen LogP contribution in [0.25, 0.3) is 0 Å². The first-order chi connectivity index (χ1) is 13.2. The van der Waals surface area contributed by atoms with E-state index in [9.17, 15) is 9.59 Å². The monoisotopic (exact) mass is 362 g/mol. The zero-order chi connectivity index (χ0) is 19.1. The molecular formula is C22H22N2O3. The van der Waals surface area contributed by atoms with Crippen molar-refractivity contribution in [2.45, 2.75) is 25.8 Å². The molecule has 0 aliphatic carbocycles. The predicted octanol–water partition coefficient (Wildman–Crippen LogP) is 3.82. The summed E-state index contributed by atoms with van der Waals surface area (Å²) in [5, 5.41) is 5.65. The molecule has 5 nitrogen and oxygen atoms in total. The lowest BCUT2D eigenvalue weighted by atomic mass is 10.0. The maximum absolute atomic E-state index is 12.8. The van der Waals surface area contributed by atoms with E-state index in [-0.39, 0.29) is 11.7 Å². The molecule has 0 unspecified atom stereocenters. The highest BCUT2D eigenvalue weighted by Gasteiger charge is 2.23. The lowest BCUT2D eigenvalue weighted by Gasteiger charge is -2.18. The minimum absolute atomic E-state index is 0.174. The van der Waals surface area contributed by atoms with Gasteiger partial charge in [0.15, 0.2) is 5.76 Å². The third-order valence-electron chi connectivity index (χ3n) is 4.28. The Bertz CT molecular complexity index is 872. The van der Waals surface area contributed by atoms with Gasteiger partial charge in [-0.1, -0.05) is 49.4 Å². The second-order valence-electron chi connectivity index (χ2n) is 6.23. The van der Waals surface area contributed by atoms with Crippen LogP contribution >= 0.6 is 0 Å². The van der Waals surface area contributed by atoms with Gasteiger partial charge in [0.2, 0.25) is 5.91 Å². The van der Waals surface area contributed by atoms with Gasteiger partial charge in [-0.15, -0.1) is 0 Å². The highest BCUT2D eigenvalue weighted by atomic mass is 16.3. The molecule has 0 radical (unpaired) electrons. The number of carbonyl (C=O) groups is 2. The summed E-state index contributed by atoms with van der Waals surface area (Å²) in [6.45, 7) is 2.08. The lowest BCUT2D eigenvalue weighted by molar-refractivity contribution is -0.118. The van der Waals surface area contributed by atoms with Gasteiger partial charge in [-0.2, -0.15) is 0 Å². The molecule has 0 aliphatic heterocycles. The van der Waals surface area contributed by atoms with Crippen molar-refractivity contribution in [3.8, 4) is 0 Å². The summed E-state index contributed by atoms with van der Waals surface area (Å²) >= 11 is 0. The smallest absolute Gasteiger partial charge is 0.287 e. The minimum Gasteiger partial charge on any atom is -0.459 e. The Morgan fingerprint density at radius 2 is 1.67 bits per heavy atom. The highest BCUT2D eigenvalue weighted by molar-refractivity contribution is 6.00. The van der Waals surface area contributed by atoms with E-state index in [0.29, 0.717) is 12.1 Å². The standard InChI is InChI=1S/C22H22N2O3/c1-2-16-10-12-18(13-11-16)23-21(25)19(15-17-7-4-3-5-8-17)24-22(26)20-9-6-14-27-20/h3-14,19H,2,15H2,1H3,(H,23,25)(H,24,26)/t19-/m0/s1. The van der Waals surface area contributed by atoms with Gasteiger partial charge in [0, 0.05) is 12.1 Å². The number of amides is 2. The third-order valence-corrected chi connectivity index (χ3v) is 4.28. The van der Waals surface area contributed by atoms with Crippen molar-refractivity contribution in [3.63, 3.8) is 0 Å². The Morgan fingerprint density at radius 3 is 2.30 bits per heavy atom.